The molecule has 0 fully saturated rings. The summed E-state index contributed by atoms with van der Waals surface area (Å²) in [4.78, 5) is 12.1. The fourth-order valence-corrected chi connectivity index (χ4v) is 3.26. The Bertz CT molecular complexity index is 822. The van der Waals surface area contributed by atoms with Crippen molar-refractivity contribution in [1.29, 1.82) is 0 Å². The van der Waals surface area contributed by atoms with Crippen LogP contribution in [0.4, 0.5) is 16.2 Å². The van der Waals surface area contributed by atoms with Gasteiger partial charge in [-0.2, -0.15) is 0 Å². The molecule has 128 valence electrons. The lowest BCUT2D eigenvalue weighted by Gasteiger charge is -2.14. The number of amides is 2. The van der Waals surface area contributed by atoms with E-state index in [0.717, 1.165) is 0 Å². The molecular formula is C16H19N3O4S. The van der Waals surface area contributed by atoms with Crippen molar-refractivity contribution in [3.8, 4) is 0 Å². The summed E-state index contributed by atoms with van der Waals surface area (Å²) in [6, 6.07) is 11.6. The molecule has 0 radical (unpaired) electrons. The van der Waals surface area contributed by atoms with Gasteiger partial charge in [-0.15, -0.1) is 0 Å². The quantitative estimate of drug-likeness (QED) is 0.566. The maximum atomic E-state index is 12.6. The summed E-state index contributed by atoms with van der Waals surface area (Å²) in [6.45, 7) is 1.65. The van der Waals surface area contributed by atoms with Crippen LogP contribution in [0.5, 0.6) is 0 Å². The minimum Gasteiger partial charge on any atom is -0.397 e. The van der Waals surface area contributed by atoms with Gasteiger partial charge in [0, 0.05) is 7.11 Å². The first-order valence-corrected chi connectivity index (χ1v) is 8.63. The summed E-state index contributed by atoms with van der Waals surface area (Å²) in [5, 5.41) is 5.04. The molecule has 24 heavy (non-hydrogen) atoms. The van der Waals surface area contributed by atoms with Crippen molar-refractivity contribution >= 4 is 27.2 Å². The molecule has 2 aromatic carbocycles. The maximum absolute atomic E-state index is 12.6. The van der Waals surface area contributed by atoms with Crippen LogP contribution in [0, 0.1) is 0 Å². The van der Waals surface area contributed by atoms with Crippen LogP contribution in [0.3, 0.4) is 0 Å². The molecule has 0 spiro atoms. The molecule has 0 aliphatic carbocycles. The van der Waals surface area contributed by atoms with Gasteiger partial charge in [0.15, 0.2) is 0 Å². The molecule has 2 amide bonds. The third-order valence-electron chi connectivity index (χ3n) is 3.32. The lowest BCUT2D eigenvalue weighted by molar-refractivity contribution is 0.0984. The van der Waals surface area contributed by atoms with Crippen molar-refractivity contribution in [2.24, 2.45) is 0 Å². The Labute approximate surface area is 140 Å². The van der Waals surface area contributed by atoms with Crippen LogP contribution in [-0.2, 0) is 14.6 Å². The van der Waals surface area contributed by atoms with Crippen molar-refractivity contribution in [2.75, 3.05) is 18.2 Å². The van der Waals surface area contributed by atoms with E-state index in [1.165, 1.54) is 37.4 Å². The van der Waals surface area contributed by atoms with Gasteiger partial charge in [-0.3, -0.25) is 0 Å². The highest BCUT2D eigenvalue weighted by molar-refractivity contribution is 7.91. The van der Waals surface area contributed by atoms with Crippen LogP contribution < -0.4 is 16.4 Å². The molecule has 2 aromatic rings. The number of sulfone groups is 1. The standard InChI is InChI=1S/C16H19N3O4S/c1-11(23-2)18-16(20)19-15-10-13(8-9-14(15)17)24(21,22)12-6-4-3-5-7-12/h3-11H,17H2,1-2H3,(H2,18,19,20). The van der Waals surface area contributed by atoms with E-state index in [1.54, 1.807) is 25.1 Å². The second-order valence-electron chi connectivity index (χ2n) is 5.04. The lowest BCUT2D eigenvalue weighted by atomic mass is 10.3. The Hall–Kier alpha value is -2.58. The third-order valence-corrected chi connectivity index (χ3v) is 5.09. The molecule has 0 aliphatic rings. The number of carbonyl (C=O) groups excluding carboxylic acids is 1. The number of benzene rings is 2. The molecule has 1 unspecified atom stereocenters. The SMILES string of the molecule is COC(C)NC(=O)Nc1cc(S(=O)(=O)c2ccccc2)ccc1N. The number of urea groups is 1. The Kier molecular flexibility index (Phi) is 5.42. The van der Waals surface area contributed by atoms with Crippen LogP contribution in [0.25, 0.3) is 0 Å². The number of nitrogens with two attached hydrogens (primary N) is 1. The topological polar surface area (TPSA) is 111 Å². The predicted octanol–water partition coefficient (Wildman–Crippen LogP) is 2.22. The Morgan fingerprint density at radius 1 is 1.12 bits per heavy atom. The van der Waals surface area contributed by atoms with E-state index in [1.807, 2.05) is 0 Å². The molecule has 0 bridgehead atoms. The van der Waals surface area contributed by atoms with Crippen molar-refractivity contribution in [3.63, 3.8) is 0 Å². The van der Waals surface area contributed by atoms with Crippen molar-refractivity contribution < 1.29 is 17.9 Å². The summed E-state index contributed by atoms with van der Waals surface area (Å²) in [5.74, 6) is 0. The van der Waals surface area contributed by atoms with Gasteiger partial charge in [-0.1, -0.05) is 18.2 Å². The normalized spacial score (nSPS) is 12.4. The highest BCUT2D eigenvalue weighted by atomic mass is 32.2. The Morgan fingerprint density at radius 2 is 1.79 bits per heavy atom. The van der Waals surface area contributed by atoms with Gasteiger partial charge in [0.2, 0.25) is 9.84 Å². The van der Waals surface area contributed by atoms with Crippen molar-refractivity contribution in [3.05, 3.63) is 48.5 Å². The first-order chi connectivity index (χ1) is 11.3. The molecule has 8 heteroatoms. The number of nitrogens with one attached hydrogen (secondary N) is 2. The highest BCUT2D eigenvalue weighted by Gasteiger charge is 2.19. The number of nitrogen functional groups attached to an aromatic ring is 1. The van der Waals surface area contributed by atoms with Crippen LogP contribution in [-0.4, -0.2) is 27.8 Å². The Balaban J connectivity index is 2.30. The molecule has 2 rings (SSSR count). The average molecular weight is 349 g/mol. The number of anilines is 2. The van der Waals surface area contributed by atoms with Gasteiger partial charge < -0.3 is 21.1 Å². The van der Waals surface area contributed by atoms with Gasteiger partial charge in [0.25, 0.3) is 0 Å². The highest BCUT2D eigenvalue weighted by Crippen LogP contribution is 2.27. The predicted molar refractivity (Wildman–Crippen MR) is 91.4 cm³/mol. The fraction of sp³-hybridized carbons (Fsp3) is 0.188. The van der Waals surface area contributed by atoms with Gasteiger partial charge in [-0.25, -0.2) is 13.2 Å². The van der Waals surface area contributed by atoms with E-state index in [2.05, 4.69) is 10.6 Å². The molecule has 0 heterocycles. The summed E-state index contributed by atoms with van der Waals surface area (Å²) in [5.41, 5.74) is 6.27. The Morgan fingerprint density at radius 3 is 2.42 bits per heavy atom. The number of methoxy groups -OCH3 is 1. The van der Waals surface area contributed by atoms with Gasteiger partial charge in [-0.05, 0) is 37.3 Å². The zero-order chi connectivity index (χ0) is 17.7. The van der Waals surface area contributed by atoms with E-state index < -0.39 is 22.1 Å². The summed E-state index contributed by atoms with van der Waals surface area (Å²) in [7, 11) is -2.24. The van der Waals surface area contributed by atoms with E-state index in [4.69, 9.17) is 10.5 Å². The average Bonchev–Trinajstić information content (AvgIpc) is 2.57. The smallest absolute Gasteiger partial charge is 0.321 e. The van der Waals surface area contributed by atoms with Gasteiger partial charge in [0.05, 0.1) is 21.2 Å². The second kappa shape index (κ2) is 7.33. The fourth-order valence-electron chi connectivity index (χ4n) is 1.95. The maximum Gasteiger partial charge on any atom is 0.321 e. The van der Waals surface area contributed by atoms with Crippen molar-refractivity contribution in [1.82, 2.24) is 5.32 Å². The first kappa shape index (κ1) is 17.8. The minimum absolute atomic E-state index is 0.0398. The van der Waals surface area contributed by atoms with E-state index in [0.29, 0.717) is 0 Å². The van der Waals surface area contributed by atoms with Crippen LogP contribution >= 0.6 is 0 Å². The van der Waals surface area contributed by atoms with Crippen LogP contribution in [0.2, 0.25) is 0 Å². The zero-order valence-corrected chi connectivity index (χ0v) is 14.1. The number of rotatable bonds is 5. The van der Waals surface area contributed by atoms with Gasteiger partial charge >= 0.3 is 6.03 Å². The molecule has 1 atom stereocenters. The van der Waals surface area contributed by atoms with Crippen molar-refractivity contribution in [2.45, 2.75) is 22.9 Å². The molecule has 0 saturated carbocycles. The second-order valence-corrected chi connectivity index (χ2v) is 6.99. The van der Waals surface area contributed by atoms with E-state index in [-0.39, 0.29) is 21.2 Å². The molecule has 0 aromatic heterocycles. The van der Waals surface area contributed by atoms with Gasteiger partial charge in [0.1, 0.15) is 6.23 Å². The third kappa shape index (κ3) is 4.03. The summed E-state index contributed by atoms with van der Waals surface area (Å²) < 4.78 is 30.2. The van der Waals surface area contributed by atoms with E-state index >= 15 is 0 Å². The zero-order valence-electron chi connectivity index (χ0n) is 13.3. The lowest BCUT2D eigenvalue weighted by Crippen LogP contribution is -2.37. The number of hydrogen-bond acceptors (Lipinski definition) is 5. The molecule has 4 N–H and O–H groups in total. The van der Waals surface area contributed by atoms with Crippen LogP contribution in [0.1, 0.15) is 6.92 Å². The monoisotopic (exact) mass is 349 g/mol. The largest absolute Gasteiger partial charge is 0.397 e. The molecular weight excluding hydrogens is 330 g/mol. The molecule has 0 aliphatic heterocycles. The molecule has 0 saturated heterocycles. The van der Waals surface area contributed by atoms with Crippen LogP contribution in [0.15, 0.2) is 58.3 Å². The summed E-state index contributed by atoms with van der Waals surface area (Å²) in [6.07, 6.45) is -0.498. The number of ether oxygens (including phenoxy) is 1. The molecule has 7 nitrogen and oxygen atoms in total. The number of carbonyl (C=O) groups is 1. The summed E-state index contributed by atoms with van der Waals surface area (Å²) >= 11 is 0. The first-order valence-electron chi connectivity index (χ1n) is 7.14. The van der Waals surface area contributed by atoms with E-state index in [9.17, 15) is 13.2 Å². The number of hydrogen-bond donors (Lipinski definition) is 3. The minimum atomic E-state index is -3.69.